The molecular weight excluding hydrogens is 260 g/mol. The zero-order valence-electron chi connectivity index (χ0n) is 11.7. The highest BCUT2D eigenvalue weighted by Gasteiger charge is 2.06. The summed E-state index contributed by atoms with van der Waals surface area (Å²) in [4.78, 5) is 10.8. The van der Waals surface area contributed by atoms with E-state index >= 15 is 0 Å². The summed E-state index contributed by atoms with van der Waals surface area (Å²) >= 11 is 0. The second-order valence-corrected chi connectivity index (χ2v) is 4.91. The molecule has 0 saturated heterocycles. The monoisotopic (exact) mass is 276 g/mol. The fraction of sp³-hybridized carbons (Fsp3) is 0.105. The average Bonchev–Trinajstić information content (AvgIpc) is 2.55. The van der Waals surface area contributed by atoms with Crippen LogP contribution in [0, 0.1) is 0 Å². The molecule has 0 radical (unpaired) electrons. The van der Waals surface area contributed by atoms with Crippen molar-refractivity contribution >= 4 is 17.1 Å². The fourth-order valence-electron chi connectivity index (χ4n) is 2.46. The second kappa shape index (κ2) is 6.23. The number of rotatable bonds is 5. The number of carbonyl (C=O) groups excluding carboxylic acids is 1. The minimum atomic E-state index is 0.430. The van der Waals surface area contributed by atoms with Gasteiger partial charge in [-0.3, -0.25) is 0 Å². The Morgan fingerprint density at radius 3 is 2.29 bits per heavy atom. The SMILES string of the molecule is O=CCc1ccc(OCc2ccccc2)c2ccccc12. The van der Waals surface area contributed by atoms with E-state index in [4.69, 9.17) is 4.74 Å². The van der Waals surface area contributed by atoms with Crippen molar-refractivity contribution in [2.24, 2.45) is 0 Å². The van der Waals surface area contributed by atoms with Gasteiger partial charge in [0.15, 0.2) is 0 Å². The van der Waals surface area contributed by atoms with Crippen LogP contribution in [0.4, 0.5) is 0 Å². The molecule has 0 aliphatic heterocycles. The maximum Gasteiger partial charge on any atom is 0.127 e. The van der Waals surface area contributed by atoms with E-state index in [1.165, 1.54) is 0 Å². The third kappa shape index (κ3) is 2.95. The number of hydrogen-bond acceptors (Lipinski definition) is 2. The molecule has 0 heterocycles. The molecule has 0 spiro atoms. The van der Waals surface area contributed by atoms with Crippen LogP contribution in [0.5, 0.6) is 5.75 Å². The maximum atomic E-state index is 10.8. The van der Waals surface area contributed by atoms with E-state index in [1.54, 1.807) is 0 Å². The predicted octanol–water partition coefficient (Wildman–Crippen LogP) is 4.16. The lowest BCUT2D eigenvalue weighted by Gasteiger charge is -2.11. The molecule has 0 atom stereocenters. The maximum absolute atomic E-state index is 10.8. The zero-order valence-corrected chi connectivity index (χ0v) is 11.7. The molecule has 3 aromatic carbocycles. The molecule has 0 N–H and O–H groups in total. The van der Waals surface area contributed by atoms with E-state index < -0.39 is 0 Å². The van der Waals surface area contributed by atoms with Crippen molar-refractivity contribution in [3.63, 3.8) is 0 Å². The standard InChI is InChI=1S/C19H16O2/c20-13-12-16-10-11-19(18-9-5-4-8-17(16)18)21-14-15-6-2-1-3-7-15/h1-11,13H,12,14H2. The molecule has 0 amide bonds. The summed E-state index contributed by atoms with van der Waals surface area (Å²) in [5, 5.41) is 2.13. The van der Waals surface area contributed by atoms with E-state index in [2.05, 4.69) is 0 Å². The first-order chi connectivity index (χ1) is 10.4. The van der Waals surface area contributed by atoms with Crippen molar-refractivity contribution in [1.82, 2.24) is 0 Å². The molecule has 104 valence electrons. The summed E-state index contributed by atoms with van der Waals surface area (Å²) in [6.07, 6.45) is 1.37. The van der Waals surface area contributed by atoms with Crippen molar-refractivity contribution in [3.05, 3.63) is 77.9 Å². The van der Waals surface area contributed by atoms with E-state index in [-0.39, 0.29) is 0 Å². The van der Waals surface area contributed by atoms with Gasteiger partial charge in [0.25, 0.3) is 0 Å². The zero-order chi connectivity index (χ0) is 14.5. The van der Waals surface area contributed by atoms with Gasteiger partial charge in [-0.15, -0.1) is 0 Å². The number of fused-ring (bicyclic) bond motifs is 1. The molecule has 2 heteroatoms. The Bertz CT molecular complexity index is 748. The lowest BCUT2D eigenvalue weighted by atomic mass is 10.0. The quantitative estimate of drug-likeness (QED) is 0.654. The molecule has 2 nitrogen and oxygen atoms in total. The van der Waals surface area contributed by atoms with Gasteiger partial charge in [0, 0.05) is 11.8 Å². The highest BCUT2D eigenvalue weighted by molar-refractivity contribution is 5.92. The molecule has 0 unspecified atom stereocenters. The molecular formula is C19H16O2. The van der Waals surface area contributed by atoms with Gasteiger partial charge in [0.05, 0.1) is 0 Å². The molecule has 21 heavy (non-hydrogen) atoms. The normalized spacial score (nSPS) is 10.5. The van der Waals surface area contributed by atoms with Crippen LogP contribution < -0.4 is 4.74 Å². The van der Waals surface area contributed by atoms with Gasteiger partial charge in [0.2, 0.25) is 0 Å². The number of carbonyl (C=O) groups is 1. The summed E-state index contributed by atoms with van der Waals surface area (Å²) in [5.41, 5.74) is 2.17. The predicted molar refractivity (Wildman–Crippen MR) is 84.5 cm³/mol. The number of hydrogen-bond donors (Lipinski definition) is 0. The molecule has 0 aliphatic carbocycles. The van der Waals surface area contributed by atoms with Gasteiger partial charge in [-0.05, 0) is 22.6 Å². The number of aldehydes is 1. The van der Waals surface area contributed by atoms with E-state index in [1.807, 2.05) is 66.7 Å². The van der Waals surface area contributed by atoms with Gasteiger partial charge in [-0.2, -0.15) is 0 Å². The lowest BCUT2D eigenvalue weighted by Crippen LogP contribution is -1.97. The van der Waals surface area contributed by atoms with Crippen molar-refractivity contribution in [1.29, 1.82) is 0 Å². The molecule has 3 rings (SSSR count). The van der Waals surface area contributed by atoms with Gasteiger partial charge in [-0.1, -0.05) is 60.7 Å². The number of ether oxygens (including phenoxy) is 1. The van der Waals surface area contributed by atoms with Crippen molar-refractivity contribution in [2.45, 2.75) is 13.0 Å². The Labute approximate surface area is 124 Å². The van der Waals surface area contributed by atoms with Crippen LogP contribution in [-0.2, 0) is 17.8 Å². The van der Waals surface area contributed by atoms with Crippen LogP contribution >= 0.6 is 0 Å². The highest BCUT2D eigenvalue weighted by Crippen LogP contribution is 2.29. The lowest BCUT2D eigenvalue weighted by molar-refractivity contribution is -0.107. The molecule has 0 bridgehead atoms. The van der Waals surface area contributed by atoms with E-state index in [9.17, 15) is 4.79 Å². The summed E-state index contributed by atoms with van der Waals surface area (Å²) in [6, 6.07) is 22.0. The molecule has 0 aromatic heterocycles. The summed E-state index contributed by atoms with van der Waals surface area (Å²) in [5.74, 6) is 0.851. The largest absolute Gasteiger partial charge is 0.488 e. The van der Waals surface area contributed by atoms with Crippen LogP contribution in [0.15, 0.2) is 66.7 Å². The Morgan fingerprint density at radius 1 is 0.810 bits per heavy atom. The third-order valence-electron chi connectivity index (χ3n) is 3.51. The van der Waals surface area contributed by atoms with Crippen LogP contribution in [0.2, 0.25) is 0 Å². The van der Waals surface area contributed by atoms with Crippen molar-refractivity contribution in [3.8, 4) is 5.75 Å². The summed E-state index contributed by atoms with van der Waals surface area (Å²) < 4.78 is 5.95. The van der Waals surface area contributed by atoms with Gasteiger partial charge >= 0.3 is 0 Å². The van der Waals surface area contributed by atoms with Crippen molar-refractivity contribution < 1.29 is 9.53 Å². The third-order valence-corrected chi connectivity index (χ3v) is 3.51. The molecule has 0 aliphatic rings. The van der Waals surface area contributed by atoms with Crippen LogP contribution in [-0.4, -0.2) is 6.29 Å². The topological polar surface area (TPSA) is 26.3 Å². The Balaban J connectivity index is 1.92. The van der Waals surface area contributed by atoms with Crippen molar-refractivity contribution in [2.75, 3.05) is 0 Å². The van der Waals surface area contributed by atoms with Crippen LogP contribution in [0.3, 0.4) is 0 Å². The molecule has 3 aromatic rings. The Hall–Kier alpha value is -2.61. The number of benzene rings is 3. The summed E-state index contributed by atoms with van der Waals surface area (Å²) in [7, 11) is 0. The minimum absolute atomic E-state index is 0.430. The summed E-state index contributed by atoms with van der Waals surface area (Å²) in [6.45, 7) is 0.540. The molecule has 0 fully saturated rings. The van der Waals surface area contributed by atoms with Gasteiger partial charge in [0.1, 0.15) is 18.6 Å². The Kier molecular flexibility index (Phi) is 3.97. The van der Waals surface area contributed by atoms with E-state index in [0.29, 0.717) is 13.0 Å². The smallest absolute Gasteiger partial charge is 0.127 e. The second-order valence-electron chi connectivity index (χ2n) is 4.91. The first-order valence-electron chi connectivity index (χ1n) is 6.99. The van der Waals surface area contributed by atoms with Gasteiger partial charge < -0.3 is 9.53 Å². The van der Waals surface area contributed by atoms with Gasteiger partial charge in [-0.25, -0.2) is 0 Å². The highest BCUT2D eigenvalue weighted by atomic mass is 16.5. The molecule has 0 saturated carbocycles. The van der Waals surface area contributed by atoms with E-state index in [0.717, 1.165) is 33.9 Å². The first kappa shape index (κ1) is 13.4. The minimum Gasteiger partial charge on any atom is -0.488 e. The average molecular weight is 276 g/mol. The van der Waals surface area contributed by atoms with Crippen LogP contribution in [0.1, 0.15) is 11.1 Å². The fourth-order valence-corrected chi connectivity index (χ4v) is 2.46. The first-order valence-corrected chi connectivity index (χ1v) is 6.99. The Morgan fingerprint density at radius 2 is 1.52 bits per heavy atom. The van der Waals surface area contributed by atoms with Crippen LogP contribution in [0.25, 0.3) is 10.8 Å².